The number of nitrogens with two attached hydrogens (primary N) is 1. The monoisotopic (exact) mass is 906 g/mol. The number of hydrazone groups is 2. The lowest BCUT2D eigenvalue weighted by Gasteiger charge is -2.42. The molecule has 4 aromatic carbocycles. The number of nitrogens with zero attached hydrogens (tertiary/aromatic N) is 4. The average molecular weight is 909 g/mol. The minimum atomic E-state index is -1.36. The molecule has 18 heteroatoms. The summed E-state index contributed by atoms with van der Waals surface area (Å²) in [6.07, 6.45) is 0. The van der Waals surface area contributed by atoms with Crippen molar-refractivity contribution in [1.82, 2.24) is 15.2 Å². The molecule has 2 aliphatic heterocycles. The van der Waals surface area contributed by atoms with Crippen LogP contribution in [0.2, 0.25) is 20.1 Å². The lowest BCUT2D eigenvalue weighted by atomic mass is 9.92. The van der Waals surface area contributed by atoms with Crippen LogP contribution in [-0.2, 0) is 28.7 Å². The standard InChI is InChI=1S/C22H22Cl2N4O3.C21H20Cl2N4O3/c1-13-28(22(2,3)21(30)26-17-11-15(23)10-16(24)12-17)20(29)18(19(31-13)27-25-4)14-8-6-5-7-9-14;1-12-27(19(28)17(18(26-24)30-12)13-7-5-4-6-8-13)21(2,3)20(29)25-16-10-14(22)9-15(23)11-16/h5-12,18,25H,1H2,2-4H3,(H,26,30);4-11,17H,1,24H2,2-3H3,(H,25,29). The van der Waals surface area contributed by atoms with E-state index in [1.54, 1.807) is 108 Å². The summed E-state index contributed by atoms with van der Waals surface area (Å²) in [6, 6.07) is 27.3. The van der Waals surface area contributed by atoms with Gasteiger partial charge in [0, 0.05) is 38.5 Å². The maximum absolute atomic E-state index is 13.6. The molecule has 2 atom stereocenters. The Morgan fingerprint density at radius 3 is 1.33 bits per heavy atom. The Balaban J connectivity index is 0.000000231. The van der Waals surface area contributed by atoms with Crippen LogP contribution < -0.4 is 21.9 Å². The minimum absolute atomic E-state index is 0.00421. The van der Waals surface area contributed by atoms with Crippen molar-refractivity contribution in [2.45, 2.75) is 50.6 Å². The predicted molar refractivity (Wildman–Crippen MR) is 239 cm³/mol. The molecule has 0 saturated carbocycles. The van der Waals surface area contributed by atoms with Crippen molar-refractivity contribution in [1.29, 1.82) is 0 Å². The van der Waals surface area contributed by atoms with E-state index in [4.69, 9.17) is 61.7 Å². The first-order valence-electron chi connectivity index (χ1n) is 18.4. The molecule has 61 heavy (non-hydrogen) atoms. The molecule has 2 saturated heterocycles. The molecular weight excluding hydrogens is 866 g/mol. The van der Waals surface area contributed by atoms with Crippen molar-refractivity contribution in [2.75, 3.05) is 17.7 Å². The van der Waals surface area contributed by atoms with E-state index in [0.29, 0.717) is 42.6 Å². The lowest BCUT2D eigenvalue weighted by Crippen LogP contribution is -2.59. The van der Waals surface area contributed by atoms with Crippen molar-refractivity contribution in [2.24, 2.45) is 16.0 Å². The topological polar surface area (TPSA) is 180 Å². The summed E-state index contributed by atoms with van der Waals surface area (Å²) in [5.74, 6) is 2.01. The molecule has 0 aromatic heterocycles. The maximum Gasteiger partial charge on any atom is 0.250 e. The molecule has 0 spiro atoms. The molecule has 5 N–H and O–H groups in total. The van der Waals surface area contributed by atoms with Gasteiger partial charge < -0.3 is 31.4 Å². The summed E-state index contributed by atoms with van der Waals surface area (Å²) in [6.45, 7) is 14.0. The van der Waals surface area contributed by atoms with Crippen LogP contribution in [0.3, 0.4) is 0 Å². The van der Waals surface area contributed by atoms with E-state index in [-0.39, 0.29) is 29.5 Å². The number of benzene rings is 4. The molecule has 2 aliphatic rings. The number of rotatable bonds is 9. The third-order valence-electron chi connectivity index (χ3n) is 9.46. The third kappa shape index (κ3) is 10.3. The van der Waals surface area contributed by atoms with Gasteiger partial charge in [-0.3, -0.25) is 29.0 Å². The summed E-state index contributed by atoms with van der Waals surface area (Å²) in [7, 11) is 1.60. The van der Waals surface area contributed by atoms with E-state index in [9.17, 15) is 19.2 Å². The van der Waals surface area contributed by atoms with Crippen molar-refractivity contribution in [3.8, 4) is 0 Å². The number of amides is 4. The minimum Gasteiger partial charge on any atom is -0.424 e. The number of carbonyl (C=O) groups excluding carboxylic acids is 4. The Bertz CT molecular complexity index is 2390. The second-order valence-electron chi connectivity index (χ2n) is 14.5. The van der Waals surface area contributed by atoms with Gasteiger partial charge in [-0.1, -0.05) is 107 Å². The van der Waals surface area contributed by atoms with Crippen LogP contribution in [-0.4, -0.2) is 63.3 Å². The molecule has 0 radical (unpaired) electrons. The number of hydrogen-bond acceptors (Lipinski definition) is 10. The summed E-state index contributed by atoms with van der Waals surface area (Å²) in [4.78, 5) is 55.7. The number of ether oxygens (including phenoxy) is 2. The van der Waals surface area contributed by atoms with E-state index in [0.717, 1.165) is 0 Å². The molecule has 6 rings (SSSR count). The Hall–Kier alpha value is -6.06. The summed E-state index contributed by atoms with van der Waals surface area (Å²) in [5, 5.41) is 14.7. The highest BCUT2D eigenvalue weighted by molar-refractivity contribution is 6.35. The Morgan fingerprint density at radius 1 is 0.639 bits per heavy atom. The smallest absolute Gasteiger partial charge is 0.250 e. The second-order valence-corrected chi connectivity index (χ2v) is 16.3. The second kappa shape index (κ2) is 19.1. The fraction of sp³-hybridized carbons (Fsp3) is 0.209. The SMILES string of the molecule is C=C1OC(=NN)C(c2ccccc2)C(=O)N1C(C)(C)C(=O)Nc1cc(Cl)cc(Cl)c1.C=C1OC(=NNC)C(c2ccccc2)C(=O)N1C(C)(C)C(=O)Nc1cc(Cl)cc(Cl)c1. The lowest BCUT2D eigenvalue weighted by molar-refractivity contribution is -0.145. The number of carbonyl (C=O) groups is 4. The van der Waals surface area contributed by atoms with Gasteiger partial charge in [0.1, 0.15) is 22.9 Å². The molecule has 2 unspecified atom stereocenters. The zero-order valence-electron chi connectivity index (χ0n) is 33.6. The molecule has 0 aliphatic carbocycles. The van der Waals surface area contributed by atoms with Gasteiger partial charge in [-0.05, 0) is 88.4 Å². The van der Waals surface area contributed by atoms with Gasteiger partial charge in [0.15, 0.2) is 11.8 Å². The van der Waals surface area contributed by atoms with E-state index in [1.807, 2.05) is 24.3 Å². The Labute approximate surface area is 372 Å². The van der Waals surface area contributed by atoms with E-state index in [2.05, 4.69) is 39.4 Å². The van der Waals surface area contributed by atoms with Gasteiger partial charge in [-0.2, -0.15) is 0 Å². The van der Waals surface area contributed by atoms with E-state index in [1.165, 1.54) is 9.80 Å². The first-order chi connectivity index (χ1) is 28.8. The van der Waals surface area contributed by atoms with Crippen LogP contribution in [0.5, 0.6) is 0 Å². The highest BCUT2D eigenvalue weighted by atomic mass is 35.5. The van der Waals surface area contributed by atoms with Crippen molar-refractivity contribution in [3.63, 3.8) is 0 Å². The molecule has 4 aromatic rings. The highest BCUT2D eigenvalue weighted by Crippen LogP contribution is 2.37. The van der Waals surface area contributed by atoms with E-state index < -0.39 is 40.6 Å². The molecule has 14 nitrogen and oxygen atoms in total. The van der Waals surface area contributed by atoms with Crippen LogP contribution >= 0.6 is 46.4 Å². The third-order valence-corrected chi connectivity index (χ3v) is 10.3. The van der Waals surface area contributed by atoms with Crippen molar-refractivity contribution in [3.05, 3.63) is 153 Å². The molecule has 0 bridgehead atoms. The molecule has 4 amide bonds. The number of anilines is 2. The highest BCUT2D eigenvalue weighted by Gasteiger charge is 2.50. The summed E-state index contributed by atoms with van der Waals surface area (Å²) >= 11 is 24.0. The van der Waals surface area contributed by atoms with Gasteiger partial charge in [0.25, 0.3) is 0 Å². The summed E-state index contributed by atoms with van der Waals surface area (Å²) < 4.78 is 11.4. The van der Waals surface area contributed by atoms with Crippen molar-refractivity contribution >= 4 is 93.2 Å². The Morgan fingerprint density at radius 2 is 0.984 bits per heavy atom. The van der Waals surface area contributed by atoms with Crippen LogP contribution in [0.1, 0.15) is 50.7 Å². The van der Waals surface area contributed by atoms with Crippen LogP contribution in [0.15, 0.2) is 132 Å². The normalized spacial score (nSPS) is 18.2. The van der Waals surface area contributed by atoms with E-state index >= 15 is 0 Å². The van der Waals surface area contributed by atoms with Gasteiger partial charge in [0.05, 0.1) is 0 Å². The molecule has 2 heterocycles. The molecular formula is C43H42Cl4N8O6. The van der Waals surface area contributed by atoms with Crippen LogP contribution in [0.25, 0.3) is 0 Å². The fourth-order valence-corrected chi connectivity index (χ4v) is 7.58. The largest absolute Gasteiger partial charge is 0.424 e. The molecule has 2 fully saturated rings. The maximum atomic E-state index is 13.6. The van der Waals surface area contributed by atoms with Crippen LogP contribution in [0.4, 0.5) is 11.4 Å². The number of halogens is 4. The Kier molecular flexibility index (Phi) is 14.4. The van der Waals surface area contributed by atoms with Gasteiger partial charge in [-0.25, -0.2) is 0 Å². The number of nitrogens with one attached hydrogen (secondary N) is 3. The first-order valence-corrected chi connectivity index (χ1v) is 19.9. The van der Waals surface area contributed by atoms with Gasteiger partial charge >= 0.3 is 0 Å². The zero-order valence-corrected chi connectivity index (χ0v) is 36.7. The quantitative estimate of drug-likeness (QED) is 0.0954. The zero-order chi connectivity index (χ0) is 44.8. The fourth-order valence-electron chi connectivity index (χ4n) is 6.52. The number of hydrogen-bond donors (Lipinski definition) is 4. The first kappa shape index (κ1) is 46.0. The van der Waals surface area contributed by atoms with Crippen LogP contribution in [0, 0.1) is 0 Å². The van der Waals surface area contributed by atoms with Gasteiger partial charge in [-0.15, -0.1) is 10.2 Å². The van der Waals surface area contributed by atoms with Gasteiger partial charge in [0.2, 0.25) is 35.4 Å². The molecule has 318 valence electrons. The average Bonchev–Trinajstić information content (AvgIpc) is 3.17. The summed E-state index contributed by atoms with van der Waals surface area (Å²) in [5.41, 5.74) is 2.04. The predicted octanol–water partition coefficient (Wildman–Crippen LogP) is 8.45. The van der Waals surface area contributed by atoms with Crippen molar-refractivity contribution < 1.29 is 28.7 Å².